The minimum atomic E-state index is -3.79. The van der Waals surface area contributed by atoms with Crippen molar-refractivity contribution in [1.29, 1.82) is 0 Å². The zero-order valence-electron chi connectivity index (χ0n) is 29.2. The number of piperazine rings is 1. The highest BCUT2D eigenvalue weighted by Crippen LogP contribution is 2.56. The lowest BCUT2D eigenvalue weighted by atomic mass is 9.75. The monoisotopic (exact) mass is 743 g/mol. The van der Waals surface area contributed by atoms with Crippen molar-refractivity contribution in [2.45, 2.75) is 31.7 Å². The maximum absolute atomic E-state index is 14.0. The molecule has 0 saturated carbocycles. The van der Waals surface area contributed by atoms with Crippen LogP contribution >= 0.6 is 18.1 Å². The van der Waals surface area contributed by atoms with Gasteiger partial charge in [-0.2, -0.15) is 0 Å². The Labute approximate surface area is 309 Å². The van der Waals surface area contributed by atoms with Gasteiger partial charge in [0.05, 0.1) is 18.2 Å². The first-order valence-corrected chi connectivity index (χ1v) is 19.7. The first-order chi connectivity index (χ1) is 25.2. The standard InChI is InChI=1S/C38H43ClN7O5P/c1-30(2)25-46(37(48)42-29-47)35-27-44(38(31-13-6-3-7-14-31,32-15-8-4-9-16-32)33-17-10-5-11-18-33)26-34(51-35)28-50-52(39,49)45-23-21-43(22-24-45)36-40-19-12-20-41-36/h3-20,25,29,34-35H,21-24,26-28H2,1-2H3,(H,42,47,48). The Kier molecular flexibility index (Phi) is 12.2. The van der Waals surface area contributed by atoms with Gasteiger partial charge in [-0.15, -0.1) is 0 Å². The molecular weight excluding hydrogens is 701 g/mol. The summed E-state index contributed by atoms with van der Waals surface area (Å²) in [7, 11) is 0. The van der Waals surface area contributed by atoms with Gasteiger partial charge in [0, 0.05) is 57.9 Å². The Morgan fingerprint density at radius 1 is 0.904 bits per heavy atom. The van der Waals surface area contributed by atoms with Gasteiger partial charge in [0.25, 0.3) is 0 Å². The second-order valence-electron chi connectivity index (χ2n) is 12.8. The van der Waals surface area contributed by atoms with E-state index in [1.807, 2.05) is 73.3 Å². The molecule has 2 saturated heterocycles. The molecule has 52 heavy (non-hydrogen) atoms. The number of halogens is 1. The molecule has 272 valence electrons. The Balaban J connectivity index is 1.36. The van der Waals surface area contributed by atoms with Gasteiger partial charge in [0.15, 0.2) is 6.23 Å². The van der Waals surface area contributed by atoms with E-state index >= 15 is 0 Å². The van der Waals surface area contributed by atoms with E-state index in [9.17, 15) is 14.2 Å². The molecule has 3 unspecified atom stereocenters. The first kappa shape index (κ1) is 37.3. The van der Waals surface area contributed by atoms with Crippen LogP contribution in [0.4, 0.5) is 10.7 Å². The maximum atomic E-state index is 14.0. The number of benzene rings is 3. The van der Waals surface area contributed by atoms with Crippen LogP contribution in [0.2, 0.25) is 0 Å². The molecule has 3 amide bonds. The van der Waals surface area contributed by atoms with Crippen molar-refractivity contribution in [1.82, 2.24) is 29.8 Å². The van der Waals surface area contributed by atoms with Gasteiger partial charge < -0.3 is 14.2 Å². The smallest absolute Gasteiger partial charge is 0.350 e. The van der Waals surface area contributed by atoms with Gasteiger partial charge in [-0.1, -0.05) is 96.6 Å². The van der Waals surface area contributed by atoms with Crippen molar-refractivity contribution < 1.29 is 23.4 Å². The minimum Gasteiger partial charge on any atom is -0.350 e. The number of aromatic nitrogens is 2. The Hall–Kier alpha value is -4.42. The molecule has 2 aliphatic rings. The van der Waals surface area contributed by atoms with Crippen LogP contribution in [0.15, 0.2) is 121 Å². The average Bonchev–Trinajstić information content (AvgIpc) is 3.18. The number of hydrogen-bond donors (Lipinski definition) is 1. The zero-order valence-corrected chi connectivity index (χ0v) is 30.9. The van der Waals surface area contributed by atoms with Gasteiger partial charge in [-0.3, -0.25) is 24.5 Å². The lowest BCUT2D eigenvalue weighted by Crippen LogP contribution is -2.62. The van der Waals surface area contributed by atoms with Crippen LogP contribution in [0.5, 0.6) is 0 Å². The number of urea groups is 1. The Morgan fingerprint density at radius 3 is 1.94 bits per heavy atom. The second kappa shape index (κ2) is 16.9. The van der Waals surface area contributed by atoms with E-state index < -0.39 is 30.8 Å². The summed E-state index contributed by atoms with van der Waals surface area (Å²) in [5.74, 6) is 0.604. The third-order valence-corrected chi connectivity index (χ3v) is 11.6. The highest BCUT2D eigenvalue weighted by atomic mass is 35.7. The van der Waals surface area contributed by atoms with Crippen molar-refractivity contribution in [3.8, 4) is 0 Å². The molecule has 14 heteroatoms. The van der Waals surface area contributed by atoms with E-state index in [0.29, 0.717) is 45.1 Å². The molecule has 3 heterocycles. The van der Waals surface area contributed by atoms with Gasteiger partial charge in [-0.05, 0) is 47.8 Å². The predicted molar refractivity (Wildman–Crippen MR) is 201 cm³/mol. The number of imide groups is 1. The Bertz CT molecular complexity index is 1750. The van der Waals surface area contributed by atoms with Crippen LogP contribution in [0.3, 0.4) is 0 Å². The Morgan fingerprint density at radius 2 is 1.44 bits per heavy atom. The summed E-state index contributed by atoms with van der Waals surface area (Å²) in [6.07, 6.45) is 3.81. The number of hydrogen-bond acceptors (Lipinski definition) is 9. The van der Waals surface area contributed by atoms with Crippen LogP contribution in [-0.2, 0) is 24.2 Å². The number of carbonyl (C=O) groups is 2. The van der Waals surface area contributed by atoms with Gasteiger partial charge in [0.1, 0.15) is 0 Å². The molecule has 0 radical (unpaired) electrons. The molecule has 0 aliphatic carbocycles. The lowest BCUT2D eigenvalue weighted by molar-refractivity contribution is -0.152. The lowest BCUT2D eigenvalue weighted by Gasteiger charge is -2.51. The van der Waals surface area contributed by atoms with Crippen LogP contribution < -0.4 is 10.2 Å². The summed E-state index contributed by atoms with van der Waals surface area (Å²) < 4.78 is 28.4. The summed E-state index contributed by atoms with van der Waals surface area (Å²) >= 11 is 6.72. The summed E-state index contributed by atoms with van der Waals surface area (Å²) in [5, 5.41) is 2.27. The van der Waals surface area contributed by atoms with Crippen molar-refractivity contribution >= 4 is 36.5 Å². The van der Waals surface area contributed by atoms with Gasteiger partial charge in [0.2, 0.25) is 12.4 Å². The quantitative estimate of drug-likeness (QED) is 0.104. The van der Waals surface area contributed by atoms with E-state index in [1.165, 1.54) is 4.90 Å². The van der Waals surface area contributed by atoms with Crippen molar-refractivity contribution in [3.05, 3.63) is 138 Å². The normalized spacial score (nSPS) is 19.6. The molecule has 2 fully saturated rings. The molecule has 12 nitrogen and oxygen atoms in total. The number of allylic oxidation sites excluding steroid dienone is 1. The number of nitrogens with zero attached hydrogens (tertiary/aromatic N) is 6. The van der Waals surface area contributed by atoms with E-state index in [2.05, 4.69) is 56.6 Å². The highest BCUT2D eigenvalue weighted by molar-refractivity contribution is 7.83. The van der Waals surface area contributed by atoms with Crippen molar-refractivity contribution in [2.24, 2.45) is 0 Å². The fraction of sp³-hybridized carbons (Fsp3) is 0.316. The van der Waals surface area contributed by atoms with Crippen molar-refractivity contribution in [2.75, 3.05) is 50.8 Å². The highest BCUT2D eigenvalue weighted by Gasteiger charge is 2.48. The average molecular weight is 744 g/mol. The molecule has 1 aromatic heterocycles. The third-order valence-electron chi connectivity index (χ3n) is 9.17. The van der Waals surface area contributed by atoms with Gasteiger partial charge >= 0.3 is 12.9 Å². The van der Waals surface area contributed by atoms with E-state index in [-0.39, 0.29) is 13.2 Å². The summed E-state index contributed by atoms with van der Waals surface area (Å²) in [6.45, 7) is 2.19. The minimum absolute atomic E-state index is 0.123. The number of morpholine rings is 1. The molecule has 3 aromatic carbocycles. The van der Waals surface area contributed by atoms with Crippen LogP contribution in [0, 0.1) is 0 Å². The first-order valence-electron chi connectivity index (χ1n) is 17.2. The SMILES string of the molecule is CC(C)=CN(C(=O)NC=O)C1CN(C(c2ccccc2)(c2ccccc2)c2ccccc2)CC(COP(=O)(Cl)N2CCN(c3ncccn3)CC2)O1. The van der Waals surface area contributed by atoms with E-state index in [0.717, 1.165) is 22.3 Å². The number of anilines is 1. The molecule has 6 rings (SSSR count). The largest absolute Gasteiger partial charge is 0.363 e. The number of carbonyl (C=O) groups excluding carboxylic acids is 2. The fourth-order valence-electron chi connectivity index (χ4n) is 6.94. The molecule has 3 atom stereocenters. The molecular formula is C38H43ClN7O5P. The summed E-state index contributed by atoms with van der Waals surface area (Å²) in [5.41, 5.74) is 2.97. The van der Waals surface area contributed by atoms with E-state index in [4.69, 9.17) is 20.5 Å². The van der Waals surface area contributed by atoms with Crippen LogP contribution in [-0.4, -0.2) is 95.1 Å². The number of amides is 3. The molecule has 1 N–H and O–H groups in total. The summed E-state index contributed by atoms with van der Waals surface area (Å²) in [6, 6.07) is 31.7. The van der Waals surface area contributed by atoms with E-state index in [1.54, 1.807) is 29.3 Å². The molecule has 0 spiro atoms. The maximum Gasteiger partial charge on any atom is 0.363 e. The van der Waals surface area contributed by atoms with Gasteiger partial charge in [-0.25, -0.2) is 19.4 Å². The van der Waals surface area contributed by atoms with Crippen LogP contribution in [0.25, 0.3) is 0 Å². The number of rotatable bonds is 12. The number of ether oxygens (including phenoxy) is 1. The third kappa shape index (κ3) is 8.28. The molecule has 0 bridgehead atoms. The second-order valence-corrected chi connectivity index (χ2v) is 15.9. The summed E-state index contributed by atoms with van der Waals surface area (Å²) in [4.78, 5) is 39.2. The molecule has 2 aliphatic heterocycles. The zero-order chi connectivity index (χ0) is 36.6. The van der Waals surface area contributed by atoms with Crippen LogP contribution in [0.1, 0.15) is 30.5 Å². The topological polar surface area (TPSA) is 120 Å². The van der Waals surface area contributed by atoms with Crippen molar-refractivity contribution in [3.63, 3.8) is 0 Å². The fourth-order valence-corrected chi connectivity index (χ4v) is 8.74. The number of nitrogens with one attached hydrogen (secondary N) is 1. The predicted octanol–water partition coefficient (Wildman–Crippen LogP) is 6.07. The molecule has 4 aromatic rings.